The third-order valence-corrected chi connectivity index (χ3v) is 4.00. The first-order valence-corrected chi connectivity index (χ1v) is 8.61. The Kier molecular flexibility index (Phi) is 5.87. The van der Waals surface area contributed by atoms with Crippen LogP contribution in [0.3, 0.4) is 0 Å². The topological polar surface area (TPSA) is 73.8 Å². The van der Waals surface area contributed by atoms with Crippen molar-refractivity contribution in [2.75, 3.05) is 18.2 Å². The fourth-order valence-electron chi connectivity index (χ4n) is 2.73. The molecular weight excluding hydrogens is 318 g/mol. The summed E-state index contributed by atoms with van der Waals surface area (Å²) in [6.45, 7) is 5.44. The smallest absolute Gasteiger partial charge is 0.332 e. The van der Waals surface area contributed by atoms with E-state index in [1.807, 2.05) is 6.92 Å². The van der Waals surface area contributed by atoms with E-state index in [4.69, 9.17) is 11.6 Å². The second kappa shape index (κ2) is 7.68. The van der Waals surface area contributed by atoms with Gasteiger partial charge in [-0.3, -0.25) is 13.9 Å². The van der Waals surface area contributed by atoms with Crippen molar-refractivity contribution in [2.45, 2.75) is 52.7 Å². The lowest BCUT2D eigenvalue weighted by atomic mass is 10.3. The molecule has 0 radical (unpaired) electrons. The molecule has 0 fully saturated rings. The summed E-state index contributed by atoms with van der Waals surface area (Å²) in [4.78, 5) is 25.5. The molecule has 1 N–H and O–H groups in total. The van der Waals surface area contributed by atoms with E-state index in [2.05, 4.69) is 17.3 Å². The van der Waals surface area contributed by atoms with Crippen molar-refractivity contribution in [3.05, 3.63) is 20.8 Å². The minimum atomic E-state index is -0.287. The molecule has 0 atom stereocenters. The Morgan fingerprint density at radius 2 is 1.83 bits per heavy atom. The van der Waals surface area contributed by atoms with Gasteiger partial charge in [0.1, 0.15) is 11.2 Å². The first-order valence-electron chi connectivity index (χ1n) is 8.08. The van der Waals surface area contributed by atoms with Crippen molar-refractivity contribution >= 4 is 28.5 Å². The van der Waals surface area contributed by atoms with Gasteiger partial charge in [0.25, 0.3) is 5.56 Å². The van der Waals surface area contributed by atoms with E-state index in [1.165, 1.54) is 4.57 Å². The minimum absolute atomic E-state index is 0.282. The van der Waals surface area contributed by atoms with Gasteiger partial charge < -0.3 is 5.32 Å². The largest absolute Gasteiger partial charge is 0.373 e. The number of nitrogens with zero attached hydrogens (tertiary/aromatic N) is 4. The molecular formula is C15H24ClN5O2. The molecule has 0 amide bonds. The summed E-state index contributed by atoms with van der Waals surface area (Å²) in [5.74, 6) is 0.992. The summed E-state index contributed by atoms with van der Waals surface area (Å²) in [5, 5.41) is 7.96. The Hall–Kier alpha value is -1.76. The molecule has 0 aliphatic carbocycles. The number of rotatable bonds is 8. The summed E-state index contributed by atoms with van der Waals surface area (Å²) in [5.41, 5.74) is -0.129. The standard InChI is InChI=1S/C15H24ClN5O2/c1-4-6-9-19-13-11(12(17-3)21(18-13)10-7-16)14(22)20(8-5-2)15(19)23/h17H,4-10H2,1-3H3. The summed E-state index contributed by atoms with van der Waals surface area (Å²) in [7, 11) is 1.74. The van der Waals surface area contributed by atoms with Crippen LogP contribution in [0, 0.1) is 0 Å². The number of halogens is 1. The summed E-state index contributed by atoms with van der Waals surface area (Å²) < 4.78 is 4.59. The lowest BCUT2D eigenvalue weighted by Crippen LogP contribution is -2.40. The van der Waals surface area contributed by atoms with E-state index in [-0.39, 0.29) is 11.2 Å². The Morgan fingerprint density at radius 1 is 1.09 bits per heavy atom. The van der Waals surface area contributed by atoms with Gasteiger partial charge in [-0.05, 0) is 12.8 Å². The van der Waals surface area contributed by atoms with E-state index in [9.17, 15) is 9.59 Å². The van der Waals surface area contributed by atoms with Crippen molar-refractivity contribution in [3.8, 4) is 0 Å². The van der Waals surface area contributed by atoms with Crippen LogP contribution in [0.15, 0.2) is 9.59 Å². The normalized spacial score (nSPS) is 11.3. The van der Waals surface area contributed by atoms with E-state index in [0.29, 0.717) is 42.4 Å². The van der Waals surface area contributed by atoms with Gasteiger partial charge >= 0.3 is 5.69 Å². The molecule has 2 aromatic heterocycles. The maximum absolute atomic E-state index is 12.8. The second-order valence-electron chi connectivity index (χ2n) is 5.45. The summed E-state index contributed by atoms with van der Waals surface area (Å²) in [6, 6.07) is 0. The number of anilines is 1. The number of alkyl halides is 1. The van der Waals surface area contributed by atoms with Crippen molar-refractivity contribution < 1.29 is 0 Å². The predicted molar refractivity (Wildman–Crippen MR) is 93.7 cm³/mol. The number of hydrogen-bond donors (Lipinski definition) is 1. The molecule has 23 heavy (non-hydrogen) atoms. The quantitative estimate of drug-likeness (QED) is 0.744. The molecule has 0 bridgehead atoms. The van der Waals surface area contributed by atoms with E-state index in [0.717, 1.165) is 19.3 Å². The molecule has 0 saturated heterocycles. The molecule has 7 nitrogen and oxygen atoms in total. The molecule has 0 aliphatic heterocycles. The first-order chi connectivity index (χ1) is 11.1. The summed E-state index contributed by atoms with van der Waals surface area (Å²) in [6.07, 6.45) is 2.54. The number of nitrogens with one attached hydrogen (secondary N) is 1. The zero-order chi connectivity index (χ0) is 17.0. The molecule has 0 aromatic carbocycles. The Bertz CT molecular complexity index is 790. The van der Waals surface area contributed by atoms with Crippen LogP contribution in [-0.2, 0) is 19.6 Å². The second-order valence-corrected chi connectivity index (χ2v) is 5.83. The lowest BCUT2D eigenvalue weighted by molar-refractivity contribution is 0.540. The van der Waals surface area contributed by atoms with Gasteiger partial charge in [0, 0.05) is 26.0 Å². The van der Waals surface area contributed by atoms with Gasteiger partial charge in [-0.2, -0.15) is 5.10 Å². The first kappa shape index (κ1) is 17.6. The average molecular weight is 342 g/mol. The van der Waals surface area contributed by atoms with Crippen LogP contribution in [0.5, 0.6) is 0 Å². The van der Waals surface area contributed by atoms with Gasteiger partial charge in [0.05, 0.1) is 6.54 Å². The number of aryl methyl sites for hydroxylation is 2. The third kappa shape index (κ3) is 3.15. The highest BCUT2D eigenvalue weighted by Crippen LogP contribution is 2.19. The highest BCUT2D eigenvalue weighted by molar-refractivity contribution is 6.17. The summed E-state index contributed by atoms with van der Waals surface area (Å²) >= 11 is 5.83. The van der Waals surface area contributed by atoms with Crippen molar-refractivity contribution in [3.63, 3.8) is 0 Å². The molecule has 0 aliphatic rings. The van der Waals surface area contributed by atoms with Gasteiger partial charge in [0.15, 0.2) is 5.65 Å². The highest BCUT2D eigenvalue weighted by Gasteiger charge is 2.20. The van der Waals surface area contributed by atoms with E-state index in [1.54, 1.807) is 16.3 Å². The Labute approximate surface area is 139 Å². The Balaban J connectivity index is 2.85. The molecule has 128 valence electrons. The zero-order valence-corrected chi connectivity index (χ0v) is 14.7. The number of fused-ring (bicyclic) bond motifs is 1. The molecule has 2 aromatic rings. The van der Waals surface area contributed by atoms with Crippen LogP contribution in [0.1, 0.15) is 33.1 Å². The van der Waals surface area contributed by atoms with Crippen LogP contribution < -0.4 is 16.6 Å². The van der Waals surface area contributed by atoms with Crippen molar-refractivity contribution in [2.24, 2.45) is 0 Å². The fraction of sp³-hybridized carbons (Fsp3) is 0.667. The molecule has 0 saturated carbocycles. The van der Waals surface area contributed by atoms with E-state index >= 15 is 0 Å². The lowest BCUT2D eigenvalue weighted by Gasteiger charge is -2.10. The van der Waals surface area contributed by atoms with E-state index < -0.39 is 0 Å². The predicted octanol–water partition coefficient (Wildman–Crippen LogP) is 1.85. The zero-order valence-electron chi connectivity index (χ0n) is 13.9. The van der Waals surface area contributed by atoms with Crippen LogP contribution in [0.4, 0.5) is 5.82 Å². The fourth-order valence-corrected chi connectivity index (χ4v) is 2.89. The van der Waals surface area contributed by atoms with Crippen LogP contribution >= 0.6 is 11.6 Å². The SMILES string of the molecule is CCCCn1c(=O)n(CCC)c(=O)c2c(NC)n(CCCl)nc21. The maximum Gasteiger partial charge on any atom is 0.332 e. The molecule has 2 rings (SSSR count). The number of aromatic nitrogens is 4. The average Bonchev–Trinajstić information content (AvgIpc) is 2.90. The minimum Gasteiger partial charge on any atom is -0.373 e. The highest BCUT2D eigenvalue weighted by atomic mass is 35.5. The van der Waals surface area contributed by atoms with Crippen molar-refractivity contribution in [1.29, 1.82) is 0 Å². The monoisotopic (exact) mass is 341 g/mol. The van der Waals surface area contributed by atoms with Gasteiger partial charge in [0.2, 0.25) is 0 Å². The van der Waals surface area contributed by atoms with Crippen LogP contribution in [-0.4, -0.2) is 31.8 Å². The Morgan fingerprint density at radius 3 is 2.39 bits per heavy atom. The third-order valence-electron chi connectivity index (χ3n) is 3.83. The van der Waals surface area contributed by atoms with Gasteiger partial charge in [-0.1, -0.05) is 20.3 Å². The molecule has 0 spiro atoms. The van der Waals surface area contributed by atoms with Gasteiger partial charge in [-0.25, -0.2) is 9.48 Å². The van der Waals surface area contributed by atoms with Gasteiger partial charge in [-0.15, -0.1) is 11.6 Å². The van der Waals surface area contributed by atoms with Crippen molar-refractivity contribution in [1.82, 2.24) is 18.9 Å². The molecule has 0 unspecified atom stereocenters. The molecule has 2 heterocycles. The van der Waals surface area contributed by atoms with Crippen LogP contribution in [0.2, 0.25) is 0 Å². The number of hydrogen-bond acceptors (Lipinski definition) is 4. The number of unbranched alkanes of at least 4 members (excludes halogenated alkanes) is 1. The maximum atomic E-state index is 12.8. The molecule has 8 heteroatoms. The van der Waals surface area contributed by atoms with Crippen LogP contribution in [0.25, 0.3) is 11.0 Å².